The summed E-state index contributed by atoms with van der Waals surface area (Å²) >= 11 is 0. The van der Waals surface area contributed by atoms with Crippen molar-refractivity contribution in [2.24, 2.45) is 0 Å². The number of piperazine rings is 1. The lowest BCUT2D eigenvalue weighted by molar-refractivity contribution is -0.314. The van der Waals surface area contributed by atoms with Crippen molar-refractivity contribution in [2.45, 2.75) is 51.2 Å². The molecule has 2 saturated heterocycles. The van der Waals surface area contributed by atoms with Gasteiger partial charge in [0, 0.05) is 49.5 Å². The first-order chi connectivity index (χ1) is 23.5. The molecule has 5 aromatic rings. The Bertz CT molecular complexity index is 1800. The number of benzene rings is 3. The van der Waals surface area contributed by atoms with E-state index in [1.165, 1.54) is 5.69 Å². The van der Waals surface area contributed by atoms with E-state index < -0.39 is 5.79 Å². The van der Waals surface area contributed by atoms with Crippen LogP contribution in [0.15, 0.2) is 102 Å². The highest BCUT2D eigenvalue weighted by Gasteiger charge is 2.42. The summed E-state index contributed by atoms with van der Waals surface area (Å²) in [7, 11) is 0. The molecule has 0 radical (unpaired) electrons. The minimum absolute atomic E-state index is 0.0722. The number of ether oxygens (including phenoxy) is 3. The highest BCUT2D eigenvalue weighted by atomic mass is 16.7. The highest BCUT2D eigenvalue weighted by Crippen LogP contribution is 2.35. The van der Waals surface area contributed by atoms with Crippen molar-refractivity contribution >= 4 is 11.4 Å². The first kappa shape index (κ1) is 31.6. The van der Waals surface area contributed by atoms with Crippen molar-refractivity contribution in [1.82, 2.24) is 29.3 Å². The van der Waals surface area contributed by atoms with Crippen molar-refractivity contribution < 1.29 is 14.2 Å². The third-order valence-electron chi connectivity index (χ3n) is 9.27. The van der Waals surface area contributed by atoms with E-state index in [1.54, 1.807) is 32.8 Å². The normalized spacial score (nSPS) is 20.5. The Labute approximate surface area is 280 Å². The predicted octanol–water partition coefficient (Wildman–Crippen LogP) is 4.66. The third-order valence-corrected chi connectivity index (χ3v) is 9.27. The zero-order valence-corrected chi connectivity index (χ0v) is 27.5. The molecule has 4 heterocycles. The minimum atomic E-state index is -0.989. The van der Waals surface area contributed by atoms with E-state index in [1.807, 2.05) is 61.5 Å². The van der Waals surface area contributed by atoms with Crippen LogP contribution in [0.2, 0.25) is 0 Å². The largest absolute Gasteiger partial charge is 0.491 e. The molecule has 3 aromatic carbocycles. The number of hydrogen-bond donors (Lipinski definition) is 0. The molecule has 0 saturated carbocycles. The molecule has 2 aliphatic rings. The summed E-state index contributed by atoms with van der Waals surface area (Å²) in [5.74, 6) is -0.183. The maximum absolute atomic E-state index is 12.8. The predicted molar refractivity (Wildman–Crippen MR) is 183 cm³/mol. The van der Waals surface area contributed by atoms with Gasteiger partial charge in [0.2, 0.25) is 5.79 Å². The van der Waals surface area contributed by atoms with Gasteiger partial charge in [-0.1, -0.05) is 37.3 Å². The molecule has 2 aliphatic heterocycles. The Morgan fingerprint density at radius 2 is 1.48 bits per heavy atom. The molecule has 2 aromatic heterocycles. The van der Waals surface area contributed by atoms with Gasteiger partial charge >= 0.3 is 5.69 Å². The molecule has 0 N–H and O–H groups in total. The summed E-state index contributed by atoms with van der Waals surface area (Å²) in [5.41, 5.74) is 3.97. The molecule has 7 rings (SSSR count). The van der Waals surface area contributed by atoms with Gasteiger partial charge in [0.05, 0.1) is 36.8 Å². The molecule has 0 amide bonds. The molecule has 12 nitrogen and oxygen atoms in total. The second kappa shape index (κ2) is 14.0. The standard InChI is InChI=1S/C36H42N8O4/c1-3-28(2)44-35(45)42(27-39-44)32-11-9-30(10-12-32)40-20-22-41(23-21-40)31-13-15-33(16-14-31)46-25-34-17-24-47-36(48-34,26-43-37-18-19-38-43)29-7-5-4-6-8-29/h4-16,18-19,27-28,34H,3,17,20-26H2,1-2H3/t28-,34+,36+/m1/s1. The van der Waals surface area contributed by atoms with Gasteiger partial charge in [0.1, 0.15) is 25.2 Å². The fourth-order valence-electron chi connectivity index (χ4n) is 6.32. The van der Waals surface area contributed by atoms with E-state index in [-0.39, 0.29) is 17.8 Å². The topological polar surface area (TPSA) is 105 Å². The van der Waals surface area contributed by atoms with Gasteiger partial charge in [-0.25, -0.2) is 14.0 Å². The zero-order valence-electron chi connectivity index (χ0n) is 27.5. The molecule has 0 unspecified atom stereocenters. The minimum Gasteiger partial charge on any atom is -0.491 e. The van der Waals surface area contributed by atoms with Crippen LogP contribution in [-0.4, -0.2) is 74.8 Å². The molecule has 0 spiro atoms. The number of hydrogen-bond acceptors (Lipinski definition) is 9. The summed E-state index contributed by atoms with van der Waals surface area (Å²) < 4.78 is 22.2. The van der Waals surface area contributed by atoms with Crippen LogP contribution in [0.1, 0.15) is 38.3 Å². The first-order valence-electron chi connectivity index (χ1n) is 16.7. The Balaban J connectivity index is 0.924. The van der Waals surface area contributed by atoms with Crippen LogP contribution in [0.3, 0.4) is 0 Å². The average molecular weight is 651 g/mol. The van der Waals surface area contributed by atoms with Crippen LogP contribution in [0.4, 0.5) is 11.4 Å². The Morgan fingerprint density at radius 3 is 2.12 bits per heavy atom. The van der Waals surface area contributed by atoms with Gasteiger partial charge in [-0.2, -0.15) is 20.1 Å². The van der Waals surface area contributed by atoms with Crippen LogP contribution < -0.4 is 20.2 Å². The van der Waals surface area contributed by atoms with Gasteiger partial charge < -0.3 is 24.0 Å². The smallest absolute Gasteiger partial charge is 0.350 e. The fourth-order valence-corrected chi connectivity index (χ4v) is 6.32. The Morgan fingerprint density at radius 1 is 0.854 bits per heavy atom. The first-order valence-corrected chi connectivity index (χ1v) is 16.7. The van der Waals surface area contributed by atoms with Crippen LogP contribution in [-0.2, 0) is 21.8 Å². The quantitative estimate of drug-likeness (QED) is 0.202. The van der Waals surface area contributed by atoms with E-state index in [0.29, 0.717) is 19.8 Å². The van der Waals surface area contributed by atoms with Crippen LogP contribution in [0, 0.1) is 0 Å². The van der Waals surface area contributed by atoms with E-state index in [0.717, 1.165) is 61.7 Å². The second-order valence-corrected chi connectivity index (χ2v) is 12.3. The lowest BCUT2D eigenvalue weighted by Crippen LogP contribution is -2.47. The van der Waals surface area contributed by atoms with Crippen LogP contribution in [0.5, 0.6) is 5.75 Å². The Hall–Kier alpha value is -4.94. The summed E-state index contributed by atoms with van der Waals surface area (Å²) in [4.78, 5) is 19.2. The summed E-state index contributed by atoms with van der Waals surface area (Å²) in [6, 6.07) is 26.5. The van der Waals surface area contributed by atoms with E-state index in [4.69, 9.17) is 14.2 Å². The van der Waals surface area contributed by atoms with Gasteiger partial charge in [0.25, 0.3) is 0 Å². The van der Waals surface area contributed by atoms with Crippen molar-refractivity contribution in [2.75, 3.05) is 49.2 Å². The third kappa shape index (κ3) is 6.71. The molecule has 0 bridgehead atoms. The number of nitrogens with zero attached hydrogens (tertiary/aromatic N) is 8. The molecule has 3 atom stereocenters. The molecule has 48 heavy (non-hydrogen) atoms. The molecule has 250 valence electrons. The van der Waals surface area contributed by atoms with Crippen molar-refractivity contribution in [3.63, 3.8) is 0 Å². The maximum Gasteiger partial charge on any atom is 0.350 e. The summed E-state index contributed by atoms with van der Waals surface area (Å²) in [6.07, 6.45) is 6.35. The number of anilines is 2. The lowest BCUT2D eigenvalue weighted by Gasteiger charge is -2.40. The van der Waals surface area contributed by atoms with Crippen molar-refractivity contribution in [1.29, 1.82) is 0 Å². The zero-order chi connectivity index (χ0) is 32.9. The van der Waals surface area contributed by atoms with E-state index in [2.05, 4.69) is 56.3 Å². The van der Waals surface area contributed by atoms with Crippen LogP contribution in [0.25, 0.3) is 5.69 Å². The van der Waals surface area contributed by atoms with Gasteiger partial charge in [0.15, 0.2) is 0 Å². The van der Waals surface area contributed by atoms with Gasteiger partial charge in [-0.15, -0.1) is 0 Å². The van der Waals surface area contributed by atoms with E-state index >= 15 is 0 Å². The second-order valence-electron chi connectivity index (χ2n) is 12.3. The number of aromatic nitrogens is 6. The molecular formula is C36H42N8O4. The highest BCUT2D eigenvalue weighted by molar-refractivity contribution is 5.54. The van der Waals surface area contributed by atoms with E-state index in [9.17, 15) is 4.79 Å². The van der Waals surface area contributed by atoms with Crippen molar-refractivity contribution in [3.8, 4) is 11.4 Å². The average Bonchev–Trinajstić information content (AvgIpc) is 3.80. The fraction of sp³-hybridized carbons (Fsp3) is 0.389. The lowest BCUT2D eigenvalue weighted by atomic mass is 10.0. The summed E-state index contributed by atoms with van der Waals surface area (Å²) in [6.45, 7) is 8.99. The molecular weight excluding hydrogens is 608 g/mol. The summed E-state index contributed by atoms with van der Waals surface area (Å²) in [5, 5.41) is 12.9. The van der Waals surface area contributed by atoms with Crippen LogP contribution >= 0.6 is 0 Å². The molecule has 0 aliphatic carbocycles. The van der Waals surface area contributed by atoms with Crippen molar-refractivity contribution in [3.05, 3.63) is 114 Å². The van der Waals surface area contributed by atoms with Gasteiger partial charge in [-0.05, 0) is 61.9 Å². The SMILES string of the molecule is CC[C@@H](C)n1ncn(-c2ccc(N3CCN(c4ccc(OC[C@@H]5CCO[C@](Cn6nccn6)(c6ccccc6)O5)cc4)CC3)cc2)c1=O. The van der Waals surface area contributed by atoms with Gasteiger partial charge in [-0.3, -0.25) is 0 Å². The monoisotopic (exact) mass is 650 g/mol. The maximum atomic E-state index is 12.8. The molecule has 2 fully saturated rings. The Kier molecular flexibility index (Phi) is 9.26. The molecule has 12 heteroatoms. The number of rotatable bonds is 11.